The van der Waals surface area contributed by atoms with Crippen molar-refractivity contribution in [2.75, 3.05) is 13.2 Å². The minimum absolute atomic E-state index is 0.139. The average Bonchev–Trinajstić information content (AvgIpc) is 2.54. The predicted octanol–water partition coefficient (Wildman–Crippen LogP) is 2.33. The van der Waals surface area contributed by atoms with Crippen molar-refractivity contribution in [1.82, 2.24) is 15.1 Å². The van der Waals surface area contributed by atoms with Crippen LogP contribution in [0.3, 0.4) is 0 Å². The van der Waals surface area contributed by atoms with E-state index in [4.69, 9.17) is 4.74 Å². The highest BCUT2D eigenvalue weighted by Crippen LogP contribution is 2.16. The molecule has 0 aliphatic heterocycles. The van der Waals surface area contributed by atoms with Crippen LogP contribution in [-0.4, -0.2) is 28.8 Å². The Hall–Kier alpha value is -2.63. The Morgan fingerprint density at radius 2 is 1.96 bits per heavy atom. The predicted molar refractivity (Wildman–Crippen MR) is 92.9 cm³/mol. The van der Waals surface area contributed by atoms with Crippen LogP contribution in [0.4, 0.5) is 0 Å². The van der Waals surface area contributed by atoms with Crippen LogP contribution in [0, 0.1) is 12.8 Å². The van der Waals surface area contributed by atoms with Gasteiger partial charge in [-0.3, -0.25) is 9.59 Å². The van der Waals surface area contributed by atoms with Crippen LogP contribution in [0.2, 0.25) is 0 Å². The highest BCUT2D eigenvalue weighted by molar-refractivity contribution is 5.92. The van der Waals surface area contributed by atoms with Crippen molar-refractivity contribution < 1.29 is 9.53 Å². The second-order valence-electron chi connectivity index (χ2n) is 5.98. The zero-order valence-electron chi connectivity index (χ0n) is 14.5. The van der Waals surface area contributed by atoms with E-state index in [1.54, 1.807) is 0 Å². The van der Waals surface area contributed by atoms with Crippen LogP contribution in [-0.2, 0) is 0 Å². The smallest absolute Gasteiger partial charge is 0.275 e. The average molecular weight is 329 g/mol. The Kier molecular flexibility index (Phi) is 5.73. The molecule has 6 nitrogen and oxygen atoms in total. The van der Waals surface area contributed by atoms with E-state index in [-0.39, 0.29) is 11.6 Å². The van der Waals surface area contributed by atoms with Gasteiger partial charge in [0, 0.05) is 6.54 Å². The van der Waals surface area contributed by atoms with E-state index < -0.39 is 11.3 Å². The SMILES string of the molecule is CCOc1cc(=O)c(C(=O)NCC(C)C)nn1-c1ccc(C)cc1. The third-order valence-electron chi connectivity index (χ3n) is 3.35. The number of nitrogens with zero attached hydrogens (tertiary/aromatic N) is 2. The molecule has 1 N–H and O–H groups in total. The van der Waals surface area contributed by atoms with Crippen LogP contribution < -0.4 is 15.5 Å². The Bertz CT molecular complexity index is 764. The first-order valence-electron chi connectivity index (χ1n) is 8.04. The summed E-state index contributed by atoms with van der Waals surface area (Å²) in [7, 11) is 0. The van der Waals surface area contributed by atoms with E-state index in [0.717, 1.165) is 11.3 Å². The Balaban J connectivity index is 2.47. The fourth-order valence-electron chi connectivity index (χ4n) is 2.10. The maximum absolute atomic E-state index is 12.2. The number of aryl methyl sites for hydroxylation is 1. The van der Waals surface area contributed by atoms with Crippen LogP contribution >= 0.6 is 0 Å². The summed E-state index contributed by atoms with van der Waals surface area (Å²) in [6.45, 7) is 8.65. The summed E-state index contributed by atoms with van der Waals surface area (Å²) < 4.78 is 6.98. The van der Waals surface area contributed by atoms with Crippen LogP contribution in [0.5, 0.6) is 5.88 Å². The number of hydrogen-bond acceptors (Lipinski definition) is 4. The summed E-state index contributed by atoms with van der Waals surface area (Å²) in [4.78, 5) is 24.5. The van der Waals surface area contributed by atoms with Crippen LogP contribution in [0.1, 0.15) is 36.8 Å². The summed E-state index contributed by atoms with van der Waals surface area (Å²) in [5.41, 5.74) is 1.23. The number of hydrogen-bond donors (Lipinski definition) is 1. The van der Waals surface area contributed by atoms with Gasteiger partial charge in [0.15, 0.2) is 5.69 Å². The first kappa shape index (κ1) is 17.7. The fraction of sp³-hybridized carbons (Fsp3) is 0.389. The molecule has 0 spiro atoms. The van der Waals surface area contributed by atoms with Gasteiger partial charge < -0.3 is 10.1 Å². The molecule has 0 aliphatic rings. The van der Waals surface area contributed by atoms with E-state index in [0.29, 0.717) is 19.0 Å². The quantitative estimate of drug-likeness (QED) is 0.883. The maximum atomic E-state index is 12.2. The standard InChI is InChI=1S/C18H23N3O3/c1-5-24-16-10-15(22)17(18(23)19-11-12(2)3)20-21(16)14-8-6-13(4)7-9-14/h6-10,12H,5,11H2,1-4H3,(H,19,23). The number of benzene rings is 1. The number of carbonyl (C=O) groups excluding carboxylic acids is 1. The van der Waals surface area contributed by atoms with E-state index in [1.165, 1.54) is 10.7 Å². The van der Waals surface area contributed by atoms with E-state index >= 15 is 0 Å². The van der Waals surface area contributed by atoms with Gasteiger partial charge in [0.2, 0.25) is 11.3 Å². The van der Waals surface area contributed by atoms with Crippen molar-refractivity contribution in [2.45, 2.75) is 27.7 Å². The number of ether oxygens (including phenoxy) is 1. The fourth-order valence-corrected chi connectivity index (χ4v) is 2.10. The highest BCUT2D eigenvalue weighted by atomic mass is 16.5. The van der Waals surface area contributed by atoms with Crippen LogP contribution in [0.15, 0.2) is 35.1 Å². The topological polar surface area (TPSA) is 73.2 Å². The van der Waals surface area contributed by atoms with Gasteiger partial charge in [-0.1, -0.05) is 31.5 Å². The molecular formula is C18H23N3O3. The zero-order valence-corrected chi connectivity index (χ0v) is 14.5. The lowest BCUT2D eigenvalue weighted by Crippen LogP contribution is -2.33. The Morgan fingerprint density at radius 1 is 1.29 bits per heavy atom. The molecule has 24 heavy (non-hydrogen) atoms. The molecule has 0 radical (unpaired) electrons. The molecule has 0 aliphatic carbocycles. The summed E-state index contributed by atoms with van der Waals surface area (Å²) in [5.74, 6) is 0.125. The zero-order chi connectivity index (χ0) is 17.7. The summed E-state index contributed by atoms with van der Waals surface area (Å²) in [5, 5.41) is 6.96. The van der Waals surface area contributed by atoms with Gasteiger partial charge in [0.1, 0.15) is 0 Å². The van der Waals surface area contributed by atoms with Gasteiger partial charge in [0.05, 0.1) is 18.4 Å². The molecule has 0 atom stereocenters. The van der Waals surface area contributed by atoms with Gasteiger partial charge >= 0.3 is 0 Å². The minimum atomic E-state index is -0.474. The second-order valence-corrected chi connectivity index (χ2v) is 5.98. The van der Waals surface area contributed by atoms with Crippen molar-refractivity contribution >= 4 is 5.91 Å². The molecule has 1 amide bonds. The first-order chi connectivity index (χ1) is 11.4. The molecule has 1 heterocycles. The van der Waals surface area contributed by atoms with Crippen molar-refractivity contribution in [3.63, 3.8) is 0 Å². The summed E-state index contributed by atoms with van der Waals surface area (Å²) in [6, 6.07) is 8.91. The number of rotatable bonds is 6. The van der Waals surface area contributed by atoms with Gasteiger partial charge in [-0.2, -0.15) is 5.10 Å². The molecule has 2 rings (SSSR count). The van der Waals surface area contributed by atoms with Gasteiger partial charge in [-0.05, 0) is 31.9 Å². The molecule has 0 bridgehead atoms. The van der Waals surface area contributed by atoms with Gasteiger partial charge in [0.25, 0.3) is 5.91 Å². The first-order valence-corrected chi connectivity index (χ1v) is 8.04. The minimum Gasteiger partial charge on any atom is -0.478 e. The lowest BCUT2D eigenvalue weighted by Gasteiger charge is -2.14. The molecule has 1 aromatic carbocycles. The number of carbonyl (C=O) groups is 1. The molecule has 128 valence electrons. The normalized spacial score (nSPS) is 10.7. The van der Waals surface area contributed by atoms with Crippen molar-refractivity contribution in [1.29, 1.82) is 0 Å². The van der Waals surface area contributed by atoms with E-state index in [9.17, 15) is 9.59 Å². The number of nitrogens with one attached hydrogen (secondary N) is 1. The molecule has 6 heteroatoms. The van der Waals surface area contributed by atoms with E-state index in [1.807, 2.05) is 52.0 Å². The van der Waals surface area contributed by atoms with Gasteiger partial charge in [-0.15, -0.1) is 0 Å². The molecule has 0 fully saturated rings. The summed E-state index contributed by atoms with van der Waals surface area (Å²) in [6.07, 6.45) is 0. The third kappa shape index (κ3) is 4.22. The van der Waals surface area contributed by atoms with Gasteiger partial charge in [-0.25, -0.2) is 4.68 Å². The lowest BCUT2D eigenvalue weighted by molar-refractivity contribution is 0.0940. The number of aromatic nitrogens is 2. The maximum Gasteiger partial charge on any atom is 0.275 e. The third-order valence-corrected chi connectivity index (χ3v) is 3.35. The second kappa shape index (κ2) is 7.77. The van der Waals surface area contributed by atoms with Crippen molar-refractivity contribution in [3.8, 4) is 11.6 Å². The Morgan fingerprint density at radius 3 is 2.54 bits per heavy atom. The molecule has 0 saturated carbocycles. The molecule has 0 unspecified atom stereocenters. The van der Waals surface area contributed by atoms with E-state index in [2.05, 4.69) is 10.4 Å². The van der Waals surface area contributed by atoms with Crippen LogP contribution in [0.25, 0.3) is 5.69 Å². The Labute approximate surface area is 141 Å². The van der Waals surface area contributed by atoms with Crippen molar-refractivity contribution in [3.05, 3.63) is 51.8 Å². The summed E-state index contributed by atoms with van der Waals surface area (Å²) >= 11 is 0. The molecule has 0 saturated heterocycles. The highest BCUT2D eigenvalue weighted by Gasteiger charge is 2.17. The molecule has 2 aromatic rings. The van der Waals surface area contributed by atoms with Crippen molar-refractivity contribution in [2.24, 2.45) is 5.92 Å². The molecular weight excluding hydrogens is 306 g/mol. The molecule has 1 aromatic heterocycles. The monoisotopic (exact) mass is 329 g/mol. The largest absolute Gasteiger partial charge is 0.478 e. The number of amides is 1. The lowest BCUT2D eigenvalue weighted by atomic mass is 10.2.